The fourth-order valence-corrected chi connectivity index (χ4v) is 2.94. The molecule has 2 N–H and O–H groups in total. The second-order valence-electron chi connectivity index (χ2n) is 6.65. The van der Waals surface area contributed by atoms with Gasteiger partial charge < -0.3 is 15.2 Å². The van der Waals surface area contributed by atoms with Gasteiger partial charge in [0.15, 0.2) is 0 Å². The molecule has 7 heteroatoms. The molecule has 0 saturated carbocycles. The molecular weight excluding hydrogens is 336 g/mol. The molecule has 0 atom stereocenters. The Morgan fingerprint density at radius 3 is 2.72 bits per heavy atom. The number of urea groups is 1. The molecule has 0 aliphatic rings. The van der Waals surface area contributed by atoms with Gasteiger partial charge >= 0.3 is 6.03 Å². The Balaban J connectivity index is 1.74. The van der Waals surface area contributed by atoms with Crippen LogP contribution in [0.25, 0.3) is 10.7 Å². The van der Waals surface area contributed by atoms with E-state index in [0.29, 0.717) is 18.1 Å². The monoisotopic (exact) mass is 356 g/mol. The van der Waals surface area contributed by atoms with Crippen LogP contribution in [-0.4, -0.2) is 21.7 Å². The molecule has 2 amide bonds. The van der Waals surface area contributed by atoms with Gasteiger partial charge in [0.2, 0.25) is 11.7 Å². The molecular formula is C18H20N4O2S. The van der Waals surface area contributed by atoms with Crippen molar-refractivity contribution in [2.24, 2.45) is 0 Å². The number of benzene rings is 1. The Morgan fingerprint density at radius 2 is 2.00 bits per heavy atom. The molecule has 130 valence electrons. The van der Waals surface area contributed by atoms with Crippen LogP contribution in [0.1, 0.15) is 32.2 Å². The minimum absolute atomic E-state index is 0.246. The zero-order chi connectivity index (χ0) is 17.9. The number of aromatic nitrogens is 2. The maximum absolute atomic E-state index is 12.1. The van der Waals surface area contributed by atoms with E-state index in [2.05, 4.69) is 20.8 Å². The zero-order valence-electron chi connectivity index (χ0n) is 14.4. The Kier molecular flexibility index (Phi) is 4.85. The van der Waals surface area contributed by atoms with Gasteiger partial charge in [-0.05, 0) is 43.8 Å². The summed E-state index contributed by atoms with van der Waals surface area (Å²) in [6, 6.07) is 11.2. The van der Waals surface area contributed by atoms with Crippen molar-refractivity contribution in [2.75, 3.05) is 5.32 Å². The standard InChI is InChI=1S/C18H20N4O2S/c1-18(2,3)21-17(23)19-13-8-5-4-7-12(13)11-15-20-16(22-24-15)14-9-6-10-25-14/h4-10H,11H2,1-3H3,(H2,19,21,23). The Morgan fingerprint density at radius 1 is 1.20 bits per heavy atom. The molecule has 2 aromatic heterocycles. The number of hydrogen-bond donors (Lipinski definition) is 2. The number of thiophene rings is 1. The van der Waals surface area contributed by atoms with Gasteiger partial charge in [-0.1, -0.05) is 29.4 Å². The molecule has 2 heterocycles. The highest BCUT2D eigenvalue weighted by Gasteiger charge is 2.16. The molecule has 0 fully saturated rings. The first-order valence-corrected chi connectivity index (χ1v) is 8.82. The SMILES string of the molecule is CC(C)(C)NC(=O)Nc1ccccc1Cc1nc(-c2cccs2)no1. The summed E-state index contributed by atoms with van der Waals surface area (Å²) in [5, 5.41) is 11.8. The van der Waals surface area contributed by atoms with E-state index in [1.807, 2.05) is 62.5 Å². The van der Waals surface area contributed by atoms with Crippen molar-refractivity contribution >= 4 is 23.1 Å². The first-order valence-electron chi connectivity index (χ1n) is 7.94. The second kappa shape index (κ2) is 7.06. The topological polar surface area (TPSA) is 80.0 Å². The largest absolute Gasteiger partial charge is 0.339 e. The van der Waals surface area contributed by atoms with Crippen molar-refractivity contribution in [1.29, 1.82) is 0 Å². The van der Waals surface area contributed by atoms with Crippen molar-refractivity contribution < 1.29 is 9.32 Å². The van der Waals surface area contributed by atoms with Gasteiger partial charge in [-0.15, -0.1) is 11.3 Å². The maximum Gasteiger partial charge on any atom is 0.319 e. The lowest BCUT2D eigenvalue weighted by atomic mass is 10.1. The first kappa shape index (κ1) is 17.2. The predicted molar refractivity (Wildman–Crippen MR) is 98.8 cm³/mol. The number of para-hydroxylation sites is 1. The van der Waals surface area contributed by atoms with Gasteiger partial charge in [0.05, 0.1) is 11.3 Å². The number of rotatable bonds is 4. The molecule has 0 spiro atoms. The molecule has 3 rings (SSSR count). The average Bonchev–Trinajstić information content (AvgIpc) is 3.18. The van der Waals surface area contributed by atoms with Crippen LogP contribution in [0.3, 0.4) is 0 Å². The van der Waals surface area contributed by atoms with E-state index in [0.717, 1.165) is 16.1 Å². The fraction of sp³-hybridized carbons (Fsp3) is 0.278. The van der Waals surface area contributed by atoms with E-state index in [4.69, 9.17) is 4.52 Å². The number of nitrogens with one attached hydrogen (secondary N) is 2. The van der Waals surface area contributed by atoms with E-state index in [1.165, 1.54) is 0 Å². The van der Waals surface area contributed by atoms with Crippen molar-refractivity contribution in [1.82, 2.24) is 15.5 Å². The Hall–Kier alpha value is -2.67. The number of nitrogens with zero attached hydrogens (tertiary/aromatic N) is 2. The van der Waals surface area contributed by atoms with E-state index in [-0.39, 0.29) is 11.6 Å². The number of carbonyl (C=O) groups excluding carboxylic acids is 1. The molecule has 0 saturated heterocycles. The summed E-state index contributed by atoms with van der Waals surface area (Å²) in [6.45, 7) is 5.80. The minimum Gasteiger partial charge on any atom is -0.339 e. The van der Waals surface area contributed by atoms with Gasteiger partial charge in [0.1, 0.15) is 0 Å². The summed E-state index contributed by atoms with van der Waals surface area (Å²) in [6.07, 6.45) is 0.449. The smallest absolute Gasteiger partial charge is 0.319 e. The highest BCUT2D eigenvalue weighted by molar-refractivity contribution is 7.13. The van der Waals surface area contributed by atoms with Crippen molar-refractivity contribution in [3.63, 3.8) is 0 Å². The van der Waals surface area contributed by atoms with Crippen LogP contribution in [0.5, 0.6) is 0 Å². The van der Waals surface area contributed by atoms with E-state index < -0.39 is 0 Å². The summed E-state index contributed by atoms with van der Waals surface area (Å²) < 4.78 is 5.35. The average molecular weight is 356 g/mol. The van der Waals surface area contributed by atoms with Crippen LogP contribution in [0.15, 0.2) is 46.3 Å². The minimum atomic E-state index is -0.304. The predicted octanol–water partition coefficient (Wildman–Crippen LogP) is 4.31. The third-order valence-electron chi connectivity index (χ3n) is 3.31. The third-order valence-corrected chi connectivity index (χ3v) is 4.17. The van der Waals surface area contributed by atoms with Crippen molar-refractivity contribution in [3.8, 4) is 10.7 Å². The van der Waals surface area contributed by atoms with Crippen molar-refractivity contribution in [3.05, 3.63) is 53.2 Å². The fourth-order valence-electron chi connectivity index (χ4n) is 2.29. The normalized spacial score (nSPS) is 11.3. The highest BCUT2D eigenvalue weighted by Crippen LogP contribution is 2.23. The molecule has 0 radical (unpaired) electrons. The van der Waals surface area contributed by atoms with Crippen LogP contribution in [-0.2, 0) is 6.42 Å². The Bertz CT molecular complexity index is 850. The number of hydrogen-bond acceptors (Lipinski definition) is 5. The summed E-state index contributed by atoms with van der Waals surface area (Å²) in [7, 11) is 0. The van der Waals surface area contributed by atoms with Crippen LogP contribution in [0.2, 0.25) is 0 Å². The lowest BCUT2D eigenvalue weighted by Gasteiger charge is -2.21. The van der Waals surface area contributed by atoms with E-state index in [1.54, 1.807) is 11.3 Å². The molecule has 25 heavy (non-hydrogen) atoms. The van der Waals surface area contributed by atoms with E-state index >= 15 is 0 Å². The van der Waals surface area contributed by atoms with Crippen LogP contribution < -0.4 is 10.6 Å². The number of amides is 2. The first-order chi connectivity index (χ1) is 11.9. The van der Waals surface area contributed by atoms with Crippen LogP contribution in [0, 0.1) is 0 Å². The quantitative estimate of drug-likeness (QED) is 0.730. The van der Waals surface area contributed by atoms with Gasteiger partial charge in [-0.2, -0.15) is 4.98 Å². The second-order valence-corrected chi connectivity index (χ2v) is 7.60. The summed E-state index contributed by atoms with van der Waals surface area (Å²) in [4.78, 5) is 17.5. The molecule has 0 aliphatic carbocycles. The third kappa shape index (κ3) is 4.67. The summed E-state index contributed by atoms with van der Waals surface area (Å²) >= 11 is 1.56. The molecule has 3 aromatic rings. The van der Waals surface area contributed by atoms with E-state index in [9.17, 15) is 4.79 Å². The highest BCUT2D eigenvalue weighted by atomic mass is 32.1. The van der Waals surface area contributed by atoms with Gasteiger partial charge in [0.25, 0.3) is 0 Å². The van der Waals surface area contributed by atoms with Gasteiger partial charge in [-0.25, -0.2) is 4.79 Å². The molecule has 6 nitrogen and oxygen atoms in total. The zero-order valence-corrected chi connectivity index (χ0v) is 15.2. The van der Waals surface area contributed by atoms with Crippen LogP contribution in [0.4, 0.5) is 10.5 Å². The maximum atomic E-state index is 12.1. The summed E-state index contributed by atoms with van der Waals surface area (Å²) in [5.74, 6) is 1.09. The number of carbonyl (C=O) groups is 1. The Labute approximate surface area is 150 Å². The van der Waals surface area contributed by atoms with Gasteiger partial charge in [0, 0.05) is 11.2 Å². The molecule has 1 aromatic carbocycles. The molecule has 0 unspecified atom stereocenters. The lowest BCUT2D eigenvalue weighted by molar-refractivity contribution is 0.244. The molecule has 0 bridgehead atoms. The summed E-state index contributed by atoms with van der Waals surface area (Å²) in [5.41, 5.74) is 1.33. The lowest BCUT2D eigenvalue weighted by Crippen LogP contribution is -2.43. The van der Waals surface area contributed by atoms with Crippen molar-refractivity contribution in [2.45, 2.75) is 32.7 Å². The van der Waals surface area contributed by atoms with Crippen LogP contribution >= 0.6 is 11.3 Å². The number of anilines is 1. The molecule has 0 aliphatic heterocycles. The van der Waals surface area contributed by atoms with Gasteiger partial charge in [-0.3, -0.25) is 0 Å².